The molecule has 0 aliphatic rings. The van der Waals surface area contributed by atoms with Crippen molar-refractivity contribution < 1.29 is 23.5 Å². The Bertz CT molecular complexity index is 1040. The molecule has 0 fully saturated rings. The minimum absolute atomic E-state index is 0.678. The van der Waals surface area contributed by atoms with Crippen molar-refractivity contribution in [1.29, 1.82) is 0 Å². The zero-order valence-corrected chi connectivity index (χ0v) is 17.7. The van der Waals surface area contributed by atoms with Crippen molar-refractivity contribution in [2.24, 2.45) is 0 Å². The summed E-state index contributed by atoms with van der Waals surface area (Å²) < 4.78 is 5.70. The van der Waals surface area contributed by atoms with E-state index in [1.165, 1.54) is 0 Å². The van der Waals surface area contributed by atoms with Gasteiger partial charge in [0.25, 0.3) is 0 Å². The first-order valence-corrected chi connectivity index (χ1v) is 10.9. The van der Waals surface area contributed by atoms with Crippen molar-refractivity contribution >= 4 is 20.3 Å². The number of rotatable bonds is 3. The van der Waals surface area contributed by atoms with Crippen LogP contribution in [0.2, 0.25) is 0 Å². The summed E-state index contributed by atoms with van der Waals surface area (Å²) in [5.74, 6) is 0.678. The molecule has 6 heteroatoms. The Hall–Kier alpha value is -2.29. The Balaban J connectivity index is 0.00000102. The monoisotopic (exact) mass is 556 g/mol. The fourth-order valence-electron chi connectivity index (χ4n) is 2.90. The molecule has 0 saturated heterocycles. The van der Waals surface area contributed by atoms with Gasteiger partial charge in [-0.15, -0.1) is 6.07 Å². The first-order chi connectivity index (χ1) is 13.3. The van der Waals surface area contributed by atoms with Crippen LogP contribution >= 0.6 is 9.42 Å². The first-order valence-electron chi connectivity index (χ1n) is 8.13. The molecular weight excluding hydrogens is 541 g/mol. The predicted molar refractivity (Wildman–Crippen MR) is 104 cm³/mol. The summed E-state index contributed by atoms with van der Waals surface area (Å²) in [4.78, 5) is 13.7. The van der Waals surface area contributed by atoms with Crippen LogP contribution in [0.25, 0.3) is 33.4 Å². The molecular formula is C21H16ClN3OPt. The number of benzene rings is 1. The molecule has 3 heterocycles. The van der Waals surface area contributed by atoms with E-state index < -0.39 is 0 Å². The third-order valence-electron chi connectivity index (χ3n) is 4.04. The van der Waals surface area contributed by atoms with Gasteiger partial charge in [0.1, 0.15) is 0 Å². The molecule has 0 saturated carbocycles. The molecule has 0 aliphatic heterocycles. The summed E-state index contributed by atoms with van der Waals surface area (Å²) in [6.45, 7) is 1.97. The molecule has 0 N–H and O–H groups in total. The van der Waals surface area contributed by atoms with E-state index in [9.17, 15) is 0 Å². The van der Waals surface area contributed by atoms with Crippen molar-refractivity contribution in [2.75, 3.05) is 7.11 Å². The van der Waals surface area contributed by atoms with Crippen molar-refractivity contribution in [3.63, 3.8) is 0 Å². The maximum atomic E-state index is 5.70. The Labute approximate surface area is 173 Å². The molecule has 4 aromatic rings. The number of ether oxygens (including phenoxy) is 1. The van der Waals surface area contributed by atoms with Gasteiger partial charge in [-0.1, -0.05) is 46.8 Å². The van der Waals surface area contributed by atoms with Gasteiger partial charge in [0.05, 0.1) is 12.9 Å². The molecule has 27 heavy (non-hydrogen) atoms. The Morgan fingerprint density at radius 3 is 2.07 bits per heavy atom. The van der Waals surface area contributed by atoms with Crippen LogP contribution in [-0.2, 0) is 18.8 Å². The molecule has 0 atom stereocenters. The molecule has 0 radical (unpaired) electrons. The number of nitrogens with zero attached hydrogens (tertiary/aromatic N) is 3. The van der Waals surface area contributed by atoms with Gasteiger partial charge >= 0.3 is 28.2 Å². The van der Waals surface area contributed by atoms with Crippen LogP contribution < -0.4 is 4.74 Å². The standard InChI is InChI=1S/C21H16N3O.ClH.Pt/c1-14-9-10-15-16(18-7-3-5-11-22-18)13-17(19-8-4-6-12-23-19)21(25-2)20(15)24-14;;/h3-12H,1-2H3;1H;/q-1;;+2/p-1. The molecule has 0 aliphatic carbocycles. The van der Waals surface area contributed by atoms with Gasteiger partial charge in [-0.05, 0) is 25.1 Å². The second-order valence-electron chi connectivity index (χ2n) is 5.69. The molecule has 1 aromatic carbocycles. The fraction of sp³-hybridized carbons (Fsp3) is 0.0952. The van der Waals surface area contributed by atoms with Crippen molar-refractivity contribution in [3.8, 4) is 28.3 Å². The maximum absolute atomic E-state index is 5.70. The second kappa shape index (κ2) is 9.07. The molecule has 4 rings (SSSR count). The van der Waals surface area contributed by atoms with Crippen LogP contribution in [-0.4, -0.2) is 22.1 Å². The molecule has 0 spiro atoms. The Kier molecular flexibility index (Phi) is 6.54. The van der Waals surface area contributed by atoms with Gasteiger partial charge in [0, 0.05) is 35.0 Å². The number of hydrogen-bond donors (Lipinski definition) is 0. The average molecular weight is 557 g/mol. The Morgan fingerprint density at radius 1 is 0.889 bits per heavy atom. The third kappa shape index (κ3) is 4.02. The van der Waals surface area contributed by atoms with E-state index in [0.29, 0.717) is 5.75 Å². The SMILES string of the molecule is COc1c(-c2ccccn2)[c-]c(-c2ccccn2)c2ccc(C)nc12.[Cl][Pt+]. The van der Waals surface area contributed by atoms with Gasteiger partial charge < -0.3 is 4.74 Å². The van der Waals surface area contributed by atoms with Crippen LogP contribution in [0.15, 0.2) is 60.9 Å². The molecule has 0 bridgehead atoms. The van der Waals surface area contributed by atoms with E-state index in [1.54, 1.807) is 38.3 Å². The quantitative estimate of drug-likeness (QED) is 0.327. The van der Waals surface area contributed by atoms with Gasteiger partial charge in [-0.25, -0.2) is 0 Å². The van der Waals surface area contributed by atoms with E-state index >= 15 is 0 Å². The number of methoxy groups -OCH3 is 1. The zero-order valence-electron chi connectivity index (χ0n) is 14.7. The third-order valence-corrected chi connectivity index (χ3v) is 4.04. The predicted octanol–water partition coefficient (Wildman–Crippen LogP) is 5.16. The zero-order chi connectivity index (χ0) is 19.2. The van der Waals surface area contributed by atoms with Crippen molar-refractivity contribution in [3.05, 3.63) is 72.7 Å². The number of aryl methyl sites for hydroxylation is 1. The summed E-state index contributed by atoms with van der Waals surface area (Å²) >= 11 is 1.61. The fourth-order valence-corrected chi connectivity index (χ4v) is 2.90. The van der Waals surface area contributed by atoms with Crippen LogP contribution in [0.5, 0.6) is 5.75 Å². The summed E-state index contributed by atoms with van der Waals surface area (Å²) in [6.07, 6.45) is 3.54. The van der Waals surface area contributed by atoms with E-state index in [0.717, 1.165) is 39.1 Å². The molecule has 0 unspecified atom stereocenters. The normalized spacial score (nSPS) is 10.3. The van der Waals surface area contributed by atoms with E-state index in [1.807, 2.05) is 55.5 Å². The number of hydrogen-bond acceptors (Lipinski definition) is 4. The summed E-state index contributed by atoms with van der Waals surface area (Å²) in [6, 6.07) is 19.1. The van der Waals surface area contributed by atoms with E-state index in [-0.39, 0.29) is 0 Å². The van der Waals surface area contributed by atoms with Crippen LogP contribution in [0.4, 0.5) is 0 Å². The minimum atomic E-state index is 0.678. The summed E-state index contributed by atoms with van der Waals surface area (Å²) in [5.41, 5.74) is 5.04. The Morgan fingerprint density at radius 2 is 1.52 bits per heavy atom. The van der Waals surface area contributed by atoms with E-state index in [2.05, 4.69) is 25.5 Å². The first kappa shape index (κ1) is 19.5. The van der Waals surface area contributed by atoms with Gasteiger partial charge in [-0.3, -0.25) is 15.0 Å². The topological polar surface area (TPSA) is 47.9 Å². The molecule has 0 amide bonds. The number of fused-ring (bicyclic) bond motifs is 1. The second-order valence-corrected chi connectivity index (χ2v) is 5.69. The number of aromatic nitrogens is 3. The molecule has 138 valence electrons. The van der Waals surface area contributed by atoms with E-state index in [4.69, 9.17) is 9.72 Å². The average Bonchev–Trinajstić information content (AvgIpc) is 2.75. The van der Waals surface area contributed by atoms with Crippen LogP contribution in [0.3, 0.4) is 0 Å². The van der Waals surface area contributed by atoms with Crippen molar-refractivity contribution in [1.82, 2.24) is 15.0 Å². The summed E-state index contributed by atoms with van der Waals surface area (Å²) in [7, 11) is 6.26. The number of halogens is 1. The molecule has 3 aromatic heterocycles. The molecule has 4 nitrogen and oxygen atoms in total. The van der Waals surface area contributed by atoms with Crippen LogP contribution in [0.1, 0.15) is 5.69 Å². The van der Waals surface area contributed by atoms with Gasteiger partial charge in [0.15, 0.2) is 0 Å². The van der Waals surface area contributed by atoms with Gasteiger partial charge in [0.2, 0.25) is 0 Å². The van der Waals surface area contributed by atoms with Gasteiger partial charge in [-0.2, -0.15) is 0 Å². The van der Waals surface area contributed by atoms with Crippen molar-refractivity contribution in [2.45, 2.75) is 6.92 Å². The number of pyridine rings is 3. The summed E-state index contributed by atoms with van der Waals surface area (Å²) in [5, 5.41) is 0.959. The van der Waals surface area contributed by atoms with Crippen LogP contribution in [0, 0.1) is 13.0 Å².